The van der Waals surface area contributed by atoms with Gasteiger partial charge in [0.1, 0.15) is 0 Å². The number of nitrogens with one attached hydrogen (secondary N) is 1. The third-order valence-electron chi connectivity index (χ3n) is 3.36. The molecule has 2 unspecified atom stereocenters. The first kappa shape index (κ1) is 12.2. The minimum Gasteiger partial charge on any atom is -0.359 e. The normalized spacial score (nSPS) is 37.6. The highest BCUT2D eigenvalue weighted by Gasteiger charge is 2.30. The average molecular weight is 241 g/mol. The van der Waals surface area contributed by atoms with Crippen LogP contribution in [-0.2, 0) is 0 Å². The maximum Gasteiger partial charge on any atom is 0.157 e. The molecule has 2 rings (SSSR count). The van der Waals surface area contributed by atoms with Gasteiger partial charge in [-0.2, -0.15) is 0 Å². The number of rotatable bonds is 1. The van der Waals surface area contributed by atoms with E-state index in [0.29, 0.717) is 12.0 Å². The Morgan fingerprint density at radius 1 is 1.50 bits per heavy atom. The van der Waals surface area contributed by atoms with Gasteiger partial charge in [0, 0.05) is 17.8 Å². The van der Waals surface area contributed by atoms with E-state index in [4.69, 9.17) is 4.99 Å². The van der Waals surface area contributed by atoms with Crippen LogP contribution in [0.15, 0.2) is 4.99 Å². The van der Waals surface area contributed by atoms with E-state index in [1.807, 2.05) is 11.8 Å². The summed E-state index contributed by atoms with van der Waals surface area (Å²) in [5.41, 5.74) is 0.220. The molecule has 4 heteroatoms. The molecule has 0 aromatic heterocycles. The summed E-state index contributed by atoms with van der Waals surface area (Å²) in [6.07, 6.45) is 1.20. The highest BCUT2D eigenvalue weighted by molar-refractivity contribution is 8.14. The number of likely N-dealkylation sites (tertiary alicyclic amines) is 1. The zero-order valence-electron chi connectivity index (χ0n) is 10.8. The van der Waals surface area contributed by atoms with Gasteiger partial charge in [-0.25, -0.2) is 0 Å². The topological polar surface area (TPSA) is 27.6 Å². The van der Waals surface area contributed by atoms with E-state index in [1.165, 1.54) is 19.5 Å². The first-order valence-corrected chi connectivity index (χ1v) is 7.12. The smallest absolute Gasteiger partial charge is 0.157 e. The van der Waals surface area contributed by atoms with Crippen molar-refractivity contribution in [3.05, 3.63) is 0 Å². The van der Waals surface area contributed by atoms with Crippen molar-refractivity contribution in [3.63, 3.8) is 0 Å². The van der Waals surface area contributed by atoms with Crippen LogP contribution in [0.4, 0.5) is 0 Å². The van der Waals surface area contributed by atoms with Gasteiger partial charge in [0.15, 0.2) is 5.17 Å². The molecule has 0 bridgehead atoms. The summed E-state index contributed by atoms with van der Waals surface area (Å²) in [6, 6.07) is 0.514. The Morgan fingerprint density at radius 3 is 2.81 bits per heavy atom. The van der Waals surface area contributed by atoms with Gasteiger partial charge in [-0.15, -0.1) is 0 Å². The molecule has 2 fully saturated rings. The highest BCUT2D eigenvalue weighted by atomic mass is 32.2. The zero-order chi connectivity index (χ0) is 11.8. The van der Waals surface area contributed by atoms with Crippen molar-refractivity contribution < 1.29 is 0 Å². The molecule has 0 amide bonds. The van der Waals surface area contributed by atoms with E-state index < -0.39 is 0 Å². The molecule has 16 heavy (non-hydrogen) atoms. The molecule has 2 heterocycles. The standard InChI is InChI=1S/C12H23N3S/c1-9-7-15(4)6-5-10(9)13-11-14-12(2,3)8-16-11/h9-10H,5-8H2,1-4H3,(H,13,14). The number of hydrogen-bond donors (Lipinski definition) is 1. The van der Waals surface area contributed by atoms with Crippen LogP contribution in [-0.4, -0.2) is 47.5 Å². The Balaban J connectivity index is 1.96. The summed E-state index contributed by atoms with van der Waals surface area (Å²) in [5, 5.41) is 4.67. The van der Waals surface area contributed by atoms with Crippen molar-refractivity contribution in [1.29, 1.82) is 0 Å². The highest BCUT2D eigenvalue weighted by Crippen LogP contribution is 2.25. The second kappa shape index (κ2) is 4.57. The van der Waals surface area contributed by atoms with Crippen molar-refractivity contribution in [1.82, 2.24) is 10.2 Å². The maximum absolute atomic E-state index is 4.89. The molecule has 3 nitrogen and oxygen atoms in total. The molecular formula is C12H23N3S. The Kier molecular flexibility index (Phi) is 3.50. The second-order valence-electron chi connectivity index (χ2n) is 5.83. The van der Waals surface area contributed by atoms with Crippen LogP contribution in [0.3, 0.4) is 0 Å². The van der Waals surface area contributed by atoms with Gasteiger partial charge < -0.3 is 10.2 Å². The molecule has 0 radical (unpaired) electrons. The summed E-state index contributed by atoms with van der Waals surface area (Å²) in [6.45, 7) is 9.14. The summed E-state index contributed by atoms with van der Waals surface area (Å²) in [5.74, 6) is 1.81. The van der Waals surface area contributed by atoms with Crippen molar-refractivity contribution in [2.24, 2.45) is 10.9 Å². The fourth-order valence-electron chi connectivity index (χ4n) is 2.36. The molecule has 0 aliphatic carbocycles. The Hall–Kier alpha value is -0.220. The lowest BCUT2D eigenvalue weighted by atomic mass is 9.95. The number of hydrogen-bond acceptors (Lipinski definition) is 3. The zero-order valence-corrected chi connectivity index (χ0v) is 11.6. The van der Waals surface area contributed by atoms with E-state index in [9.17, 15) is 0 Å². The van der Waals surface area contributed by atoms with Crippen LogP contribution in [0.25, 0.3) is 0 Å². The van der Waals surface area contributed by atoms with Crippen LogP contribution < -0.4 is 5.32 Å². The van der Waals surface area contributed by atoms with Gasteiger partial charge in [-0.3, -0.25) is 4.99 Å². The maximum atomic E-state index is 4.89. The number of nitrogens with zero attached hydrogens (tertiary/aromatic N) is 2. The quantitative estimate of drug-likeness (QED) is 0.758. The molecule has 2 atom stereocenters. The van der Waals surface area contributed by atoms with Gasteiger partial charge in [-0.05, 0) is 39.8 Å². The molecule has 0 aromatic rings. The van der Waals surface area contributed by atoms with Gasteiger partial charge in [-0.1, -0.05) is 18.7 Å². The van der Waals surface area contributed by atoms with Gasteiger partial charge in [0.2, 0.25) is 0 Å². The van der Waals surface area contributed by atoms with E-state index in [0.717, 1.165) is 10.9 Å². The Morgan fingerprint density at radius 2 is 2.25 bits per heavy atom. The van der Waals surface area contributed by atoms with Crippen LogP contribution in [0.5, 0.6) is 0 Å². The van der Waals surface area contributed by atoms with Gasteiger partial charge in [0.25, 0.3) is 0 Å². The van der Waals surface area contributed by atoms with E-state index >= 15 is 0 Å². The van der Waals surface area contributed by atoms with E-state index in [-0.39, 0.29) is 5.54 Å². The lowest BCUT2D eigenvalue weighted by Crippen LogP contribution is -2.41. The fourth-order valence-corrected chi connectivity index (χ4v) is 3.49. The van der Waals surface area contributed by atoms with Crippen LogP contribution in [0.1, 0.15) is 27.2 Å². The molecule has 0 aromatic carbocycles. The van der Waals surface area contributed by atoms with Gasteiger partial charge in [0.05, 0.1) is 6.04 Å². The predicted octanol–water partition coefficient (Wildman–Crippen LogP) is 1.80. The van der Waals surface area contributed by atoms with E-state index in [1.54, 1.807) is 0 Å². The minimum atomic E-state index is 0.220. The van der Waals surface area contributed by atoms with Crippen molar-refractivity contribution in [2.75, 3.05) is 25.9 Å². The van der Waals surface area contributed by atoms with Crippen LogP contribution in [0.2, 0.25) is 0 Å². The first-order valence-electron chi connectivity index (χ1n) is 6.14. The Bertz CT molecular complexity index is 288. The van der Waals surface area contributed by atoms with Crippen molar-refractivity contribution >= 4 is 16.9 Å². The third kappa shape index (κ3) is 2.92. The molecule has 2 saturated heterocycles. The molecule has 2 aliphatic rings. The summed E-state index contributed by atoms with van der Waals surface area (Å²) < 4.78 is 0. The monoisotopic (exact) mass is 241 g/mol. The molecule has 2 aliphatic heterocycles. The largest absolute Gasteiger partial charge is 0.359 e. The SMILES string of the molecule is CC1CN(C)CCC1N=C1NC(C)(C)CS1. The van der Waals surface area contributed by atoms with E-state index in [2.05, 4.69) is 38.0 Å². The molecular weight excluding hydrogens is 218 g/mol. The van der Waals surface area contributed by atoms with Crippen LogP contribution >= 0.6 is 11.8 Å². The number of thioether (sulfide) groups is 1. The summed E-state index contributed by atoms with van der Waals surface area (Å²) in [4.78, 5) is 7.29. The van der Waals surface area contributed by atoms with Crippen molar-refractivity contribution in [2.45, 2.75) is 38.8 Å². The number of piperidine rings is 1. The molecule has 0 saturated carbocycles. The van der Waals surface area contributed by atoms with Gasteiger partial charge >= 0.3 is 0 Å². The molecule has 1 N–H and O–H groups in total. The Labute approximate surface area is 103 Å². The number of amidine groups is 1. The minimum absolute atomic E-state index is 0.220. The van der Waals surface area contributed by atoms with Crippen molar-refractivity contribution in [3.8, 4) is 0 Å². The summed E-state index contributed by atoms with van der Waals surface area (Å²) >= 11 is 1.87. The fraction of sp³-hybridized carbons (Fsp3) is 0.917. The molecule has 0 spiro atoms. The lowest BCUT2D eigenvalue weighted by molar-refractivity contribution is 0.198. The predicted molar refractivity (Wildman–Crippen MR) is 72.2 cm³/mol. The first-order chi connectivity index (χ1) is 7.46. The second-order valence-corrected chi connectivity index (χ2v) is 6.79. The lowest BCUT2D eigenvalue weighted by Gasteiger charge is -2.32. The summed E-state index contributed by atoms with van der Waals surface area (Å²) in [7, 11) is 2.20. The third-order valence-corrected chi connectivity index (χ3v) is 4.71. The average Bonchev–Trinajstić information content (AvgIpc) is 2.51. The number of aliphatic imine (C=N–C) groups is 1. The van der Waals surface area contributed by atoms with Crippen LogP contribution in [0, 0.1) is 5.92 Å². The molecule has 92 valence electrons.